The Labute approximate surface area is 182 Å². The maximum Gasteiger partial charge on any atom is 0.359 e. The summed E-state index contributed by atoms with van der Waals surface area (Å²) in [6, 6.07) is 5.64. The fourth-order valence-electron chi connectivity index (χ4n) is 2.54. The van der Waals surface area contributed by atoms with Gasteiger partial charge in [0.1, 0.15) is 22.5 Å². The van der Waals surface area contributed by atoms with Crippen molar-refractivity contribution in [3.63, 3.8) is 0 Å². The predicted octanol–water partition coefficient (Wildman–Crippen LogP) is -1.23. The highest BCUT2D eigenvalue weighted by atomic mass is 35.5. The van der Waals surface area contributed by atoms with Gasteiger partial charge in [0.05, 0.1) is 21.1 Å². The molecule has 0 atom stereocenters. The first-order valence-corrected chi connectivity index (χ1v) is 8.56. The summed E-state index contributed by atoms with van der Waals surface area (Å²) in [7, 11) is 5.52. The molecule has 0 unspecified atom stereocenters. The molecule has 3 rings (SSSR count). The third kappa shape index (κ3) is 6.17. The van der Waals surface area contributed by atoms with E-state index < -0.39 is 28.6 Å². The Morgan fingerprint density at radius 2 is 1.55 bits per heavy atom. The maximum absolute atomic E-state index is 12.1. The van der Waals surface area contributed by atoms with E-state index in [1.807, 2.05) is 21.1 Å². The van der Waals surface area contributed by atoms with E-state index in [2.05, 4.69) is 0 Å². The Kier molecular flexibility index (Phi) is 7.75. The van der Waals surface area contributed by atoms with Gasteiger partial charge in [-0.05, 0) is 18.2 Å². The number of hydrogen-bond donors (Lipinski definition) is 6. The molecule has 0 aliphatic carbocycles. The molecule has 3 aromatic rings. The third-order valence-corrected chi connectivity index (χ3v) is 3.78. The third-order valence-electron chi connectivity index (χ3n) is 3.78. The number of halogens is 1. The molecule has 0 saturated heterocycles. The van der Waals surface area contributed by atoms with Crippen LogP contribution in [0.2, 0.25) is 0 Å². The molecule has 6 N–H and O–H groups in total. The lowest BCUT2D eigenvalue weighted by Crippen LogP contribution is -3.00. The smallest absolute Gasteiger partial charge is 0.359 e. The monoisotopic (exact) mass is 455 g/mol. The van der Waals surface area contributed by atoms with Crippen LogP contribution in [0.25, 0.3) is 22.3 Å². The zero-order valence-corrected chi connectivity index (χ0v) is 17.6. The summed E-state index contributed by atoms with van der Waals surface area (Å²) in [5.74, 6) is -3.47. The minimum Gasteiger partial charge on any atom is -1.00 e. The largest absolute Gasteiger partial charge is 1.00 e. The van der Waals surface area contributed by atoms with Gasteiger partial charge >= 0.3 is 5.97 Å². The predicted molar refractivity (Wildman–Crippen MR) is 107 cm³/mol. The van der Waals surface area contributed by atoms with Crippen molar-refractivity contribution in [3.05, 3.63) is 40.6 Å². The maximum atomic E-state index is 12.1. The fourth-order valence-corrected chi connectivity index (χ4v) is 2.54. The van der Waals surface area contributed by atoms with E-state index in [0.717, 1.165) is 24.3 Å². The lowest BCUT2D eigenvalue weighted by atomic mass is 10.1. The number of hydrogen-bond acceptors (Lipinski definition) is 8. The highest BCUT2D eigenvalue weighted by Crippen LogP contribution is 2.37. The lowest BCUT2D eigenvalue weighted by Gasteiger charge is -2.20. The van der Waals surface area contributed by atoms with Crippen molar-refractivity contribution in [1.82, 2.24) is 0 Å². The number of carboxylic acids is 1. The summed E-state index contributed by atoms with van der Waals surface area (Å²) >= 11 is 0. The molecule has 1 heterocycles. The average molecular weight is 456 g/mol. The Balaban J connectivity index is 0.000000461. The normalized spacial score (nSPS) is 10.7. The first-order valence-electron chi connectivity index (χ1n) is 8.56. The van der Waals surface area contributed by atoms with Crippen molar-refractivity contribution in [2.45, 2.75) is 0 Å². The van der Waals surface area contributed by atoms with Crippen molar-refractivity contribution in [2.75, 3.05) is 27.7 Å². The standard InChI is InChI=1S/C15H10O7.C5H11NO2.ClH/c16-7-4-10(19)12-11(5-7)22-15(14(21)13(12)20)6-1-2-8(17)9(18)3-6;1-6(2,3)4-5(7)8;/h1-5,16-19,21H;4H2,1-3H3;1H. The van der Waals surface area contributed by atoms with E-state index in [1.54, 1.807) is 0 Å². The number of phenolic OH excluding ortho intramolecular Hbond substituents is 4. The van der Waals surface area contributed by atoms with E-state index >= 15 is 0 Å². The number of fused-ring (bicyclic) bond motifs is 1. The molecule has 0 spiro atoms. The van der Waals surface area contributed by atoms with Crippen LogP contribution in [0.5, 0.6) is 28.7 Å². The zero-order chi connectivity index (χ0) is 22.8. The van der Waals surface area contributed by atoms with E-state index in [1.165, 1.54) is 6.07 Å². The number of phenols is 4. The molecule has 0 bridgehead atoms. The van der Waals surface area contributed by atoms with Gasteiger partial charge in [0.25, 0.3) is 0 Å². The molecule has 2 aromatic carbocycles. The molecule has 0 aliphatic heterocycles. The van der Waals surface area contributed by atoms with Crippen LogP contribution >= 0.6 is 0 Å². The van der Waals surface area contributed by atoms with Crippen LogP contribution in [0.1, 0.15) is 0 Å². The first kappa shape index (κ1) is 25.4. The average Bonchev–Trinajstić information content (AvgIpc) is 2.58. The highest BCUT2D eigenvalue weighted by Gasteiger charge is 2.19. The minimum atomic E-state index is -0.888. The van der Waals surface area contributed by atoms with E-state index in [4.69, 9.17) is 9.52 Å². The Hall–Kier alpha value is -3.63. The van der Waals surface area contributed by atoms with Crippen LogP contribution < -0.4 is 17.8 Å². The van der Waals surface area contributed by atoms with Gasteiger partial charge in [-0.2, -0.15) is 0 Å². The van der Waals surface area contributed by atoms with Crippen molar-refractivity contribution in [2.24, 2.45) is 0 Å². The Morgan fingerprint density at radius 1 is 0.935 bits per heavy atom. The second-order valence-corrected chi connectivity index (χ2v) is 7.49. The number of carboxylic acid groups (broad SMARTS) is 1. The number of aliphatic carboxylic acids is 1. The van der Waals surface area contributed by atoms with E-state index in [-0.39, 0.29) is 52.7 Å². The van der Waals surface area contributed by atoms with Crippen molar-refractivity contribution in [3.8, 4) is 40.1 Å². The molecule has 0 fully saturated rings. The van der Waals surface area contributed by atoms with Crippen molar-refractivity contribution >= 4 is 16.9 Å². The van der Waals surface area contributed by atoms with Gasteiger partial charge in [-0.1, -0.05) is 0 Å². The van der Waals surface area contributed by atoms with Gasteiger partial charge in [-0.25, -0.2) is 4.79 Å². The Bertz CT molecular complexity index is 1170. The highest BCUT2D eigenvalue weighted by molar-refractivity contribution is 5.88. The van der Waals surface area contributed by atoms with Crippen LogP contribution in [-0.4, -0.2) is 68.8 Å². The van der Waals surface area contributed by atoms with E-state index in [9.17, 15) is 35.1 Å². The molecule has 1 aromatic heterocycles. The van der Waals surface area contributed by atoms with Gasteiger partial charge in [-0.15, -0.1) is 0 Å². The zero-order valence-electron chi connectivity index (χ0n) is 16.8. The van der Waals surface area contributed by atoms with Gasteiger partial charge < -0.3 is 51.9 Å². The summed E-state index contributed by atoms with van der Waals surface area (Å²) in [6.45, 7) is 0.181. The van der Waals surface area contributed by atoms with Crippen LogP contribution in [0.15, 0.2) is 39.5 Å². The van der Waals surface area contributed by atoms with Crippen molar-refractivity contribution in [1.29, 1.82) is 0 Å². The van der Waals surface area contributed by atoms with Gasteiger partial charge in [-0.3, -0.25) is 4.79 Å². The van der Waals surface area contributed by atoms with Crippen molar-refractivity contribution < 1.29 is 56.7 Å². The molecule has 0 radical (unpaired) electrons. The van der Waals surface area contributed by atoms with Crippen LogP contribution in [0, 0.1) is 0 Å². The topological polar surface area (TPSA) is 169 Å². The van der Waals surface area contributed by atoms with Gasteiger partial charge in [0, 0.05) is 17.7 Å². The van der Waals surface area contributed by atoms with Crippen LogP contribution in [0.3, 0.4) is 0 Å². The number of likely N-dealkylation sites (N-methyl/N-ethyl adjacent to an activating group) is 1. The number of rotatable bonds is 3. The molecule has 168 valence electrons. The molecular weight excluding hydrogens is 434 g/mol. The minimum absolute atomic E-state index is 0. The summed E-state index contributed by atoms with van der Waals surface area (Å²) in [5.41, 5.74) is -0.890. The number of aromatic hydroxyl groups is 5. The SMILES string of the molecule is C[N+](C)(C)CC(=O)O.O=c1c(O)c(-c2ccc(O)c(O)c2)oc2cc(O)cc(O)c12.[Cl-]. The quantitative estimate of drug-likeness (QED) is 0.209. The summed E-state index contributed by atoms with van der Waals surface area (Å²) in [6.07, 6.45) is 0. The molecule has 31 heavy (non-hydrogen) atoms. The first-order chi connectivity index (χ1) is 13.8. The molecule has 0 saturated carbocycles. The molecule has 11 heteroatoms. The number of benzene rings is 2. The van der Waals surface area contributed by atoms with Gasteiger partial charge in [0.2, 0.25) is 11.2 Å². The molecular formula is C20H22ClNO9. The second-order valence-electron chi connectivity index (χ2n) is 7.49. The molecule has 10 nitrogen and oxygen atoms in total. The summed E-state index contributed by atoms with van der Waals surface area (Å²) in [4.78, 5) is 22.1. The number of quaternary nitrogens is 1. The molecule has 0 amide bonds. The lowest BCUT2D eigenvalue weighted by molar-refractivity contribution is -0.862. The van der Waals surface area contributed by atoms with Crippen LogP contribution in [-0.2, 0) is 4.79 Å². The fraction of sp³-hybridized carbons (Fsp3) is 0.200. The summed E-state index contributed by atoms with van der Waals surface area (Å²) in [5, 5.41) is 55.9. The van der Waals surface area contributed by atoms with Crippen LogP contribution in [0.4, 0.5) is 0 Å². The number of nitrogens with zero attached hydrogens (tertiary/aromatic N) is 1. The Morgan fingerprint density at radius 3 is 2.03 bits per heavy atom. The summed E-state index contributed by atoms with van der Waals surface area (Å²) < 4.78 is 5.83. The second kappa shape index (κ2) is 9.45. The van der Waals surface area contributed by atoms with Gasteiger partial charge in [0.15, 0.2) is 23.8 Å². The van der Waals surface area contributed by atoms with E-state index in [0.29, 0.717) is 4.48 Å². The molecule has 0 aliphatic rings. The number of carbonyl (C=O) groups is 1.